The van der Waals surface area contributed by atoms with Gasteiger partial charge in [0.25, 0.3) is 0 Å². The molecule has 0 aromatic rings. The number of rotatable bonds is 6. The van der Waals surface area contributed by atoms with Gasteiger partial charge in [0.15, 0.2) is 0 Å². The van der Waals surface area contributed by atoms with Gasteiger partial charge in [-0.25, -0.2) is 0 Å². The van der Waals surface area contributed by atoms with Crippen molar-refractivity contribution in [1.82, 2.24) is 0 Å². The highest BCUT2D eigenvalue weighted by molar-refractivity contribution is 4.79. The van der Waals surface area contributed by atoms with Crippen LogP contribution in [0.1, 0.15) is 58.3 Å². The van der Waals surface area contributed by atoms with Gasteiger partial charge in [0.05, 0.1) is 0 Å². The number of unbranched alkanes of at least 4 members (excludes halogenated alkanes) is 3. The Morgan fingerprint density at radius 2 is 2.00 bits per heavy atom. The average molecular weight is 169 g/mol. The van der Waals surface area contributed by atoms with Gasteiger partial charge >= 0.3 is 0 Å². The molecule has 1 fully saturated rings. The lowest BCUT2D eigenvalue weighted by Crippen LogP contribution is -2.34. The molecule has 1 rings (SSSR count). The van der Waals surface area contributed by atoms with Gasteiger partial charge in [0.1, 0.15) is 0 Å². The second-order valence-electron chi connectivity index (χ2n) is 4.20. The Balaban J connectivity index is 1.91. The predicted octanol–water partition coefficient (Wildman–Crippen LogP) is 3.08. The molecule has 0 aromatic heterocycles. The molecule has 12 heavy (non-hydrogen) atoms. The number of hydrogen-bond donors (Lipinski definition) is 1. The lowest BCUT2D eigenvalue weighted by molar-refractivity contribution is 0.249. The molecule has 72 valence electrons. The molecule has 0 amide bonds. The third-order valence-corrected chi connectivity index (χ3v) is 3.15. The van der Waals surface area contributed by atoms with Crippen LogP contribution >= 0.6 is 0 Å². The molecule has 0 saturated heterocycles. The zero-order valence-corrected chi connectivity index (χ0v) is 8.39. The van der Waals surface area contributed by atoms with E-state index in [-0.39, 0.29) is 0 Å². The molecule has 1 aliphatic rings. The Kier molecular flexibility index (Phi) is 4.67. The Labute approximate surface area is 76.7 Å². The molecule has 1 saturated carbocycles. The minimum absolute atomic E-state index is 0.524. The Morgan fingerprint density at radius 3 is 2.50 bits per heavy atom. The monoisotopic (exact) mass is 169 g/mol. The van der Waals surface area contributed by atoms with Gasteiger partial charge in [-0.3, -0.25) is 0 Å². The van der Waals surface area contributed by atoms with E-state index in [9.17, 15) is 0 Å². The van der Waals surface area contributed by atoms with Crippen LogP contribution in [0, 0.1) is 5.92 Å². The van der Waals surface area contributed by atoms with Crippen LogP contribution in [0.3, 0.4) is 0 Å². The third kappa shape index (κ3) is 3.14. The van der Waals surface area contributed by atoms with Crippen molar-refractivity contribution in [2.24, 2.45) is 11.7 Å². The summed E-state index contributed by atoms with van der Waals surface area (Å²) in [6.45, 7) is 2.26. The predicted molar refractivity (Wildman–Crippen MR) is 54.1 cm³/mol. The van der Waals surface area contributed by atoms with Crippen LogP contribution in [0.15, 0.2) is 0 Å². The van der Waals surface area contributed by atoms with Crippen molar-refractivity contribution in [1.29, 1.82) is 0 Å². The summed E-state index contributed by atoms with van der Waals surface area (Å²) >= 11 is 0. The van der Waals surface area contributed by atoms with Crippen LogP contribution in [0.4, 0.5) is 0 Å². The summed E-state index contributed by atoms with van der Waals surface area (Å²) in [7, 11) is 0. The van der Waals surface area contributed by atoms with Gasteiger partial charge in [-0.15, -0.1) is 0 Å². The lowest BCUT2D eigenvalue weighted by Gasteiger charge is -2.31. The van der Waals surface area contributed by atoms with Crippen LogP contribution in [-0.4, -0.2) is 6.04 Å². The van der Waals surface area contributed by atoms with Crippen molar-refractivity contribution in [3.8, 4) is 0 Å². The Hall–Kier alpha value is -0.0400. The lowest BCUT2D eigenvalue weighted by atomic mass is 9.78. The van der Waals surface area contributed by atoms with E-state index in [1.54, 1.807) is 0 Å². The van der Waals surface area contributed by atoms with Gasteiger partial charge in [0.2, 0.25) is 0 Å². The zero-order valence-electron chi connectivity index (χ0n) is 8.39. The van der Waals surface area contributed by atoms with E-state index in [2.05, 4.69) is 6.92 Å². The highest BCUT2D eigenvalue weighted by Gasteiger charge is 2.23. The van der Waals surface area contributed by atoms with Crippen LogP contribution in [0.2, 0.25) is 0 Å². The summed E-state index contributed by atoms with van der Waals surface area (Å²) in [6, 6.07) is 0.524. The van der Waals surface area contributed by atoms with Crippen molar-refractivity contribution in [2.75, 3.05) is 0 Å². The Morgan fingerprint density at radius 1 is 1.25 bits per heavy atom. The highest BCUT2D eigenvalue weighted by atomic mass is 14.7. The molecule has 0 aromatic carbocycles. The van der Waals surface area contributed by atoms with Crippen molar-refractivity contribution in [2.45, 2.75) is 64.3 Å². The molecule has 1 unspecified atom stereocenters. The van der Waals surface area contributed by atoms with E-state index in [4.69, 9.17) is 5.73 Å². The minimum atomic E-state index is 0.524. The van der Waals surface area contributed by atoms with Crippen molar-refractivity contribution >= 4 is 0 Å². The second kappa shape index (κ2) is 5.58. The summed E-state index contributed by atoms with van der Waals surface area (Å²) in [5.74, 6) is 0.881. The first kappa shape index (κ1) is 10.0. The fourth-order valence-corrected chi connectivity index (χ4v) is 1.91. The van der Waals surface area contributed by atoms with Gasteiger partial charge in [-0.1, -0.05) is 39.0 Å². The maximum Gasteiger partial charge on any atom is 0.00671 e. The minimum Gasteiger partial charge on any atom is -0.327 e. The molecule has 0 heterocycles. The van der Waals surface area contributed by atoms with Gasteiger partial charge in [-0.2, -0.15) is 0 Å². The molecule has 2 N–H and O–H groups in total. The third-order valence-electron chi connectivity index (χ3n) is 3.15. The largest absolute Gasteiger partial charge is 0.327 e. The topological polar surface area (TPSA) is 26.0 Å². The standard InChI is InChI=1S/C11H23N/c1-2-3-4-5-9-11(12)10-7-6-8-10/h10-11H,2-9,12H2,1H3. The van der Waals surface area contributed by atoms with Gasteiger partial charge in [0, 0.05) is 6.04 Å². The van der Waals surface area contributed by atoms with E-state index < -0.39 is 0 Å². The van der Waals surface area contributed by atoms with Crippen molar-refractivity contribution in [3.05, 3.63) is 0 Å². The molecule has 1 aliphatic carbocycles. The summed E-state index contributed by atoms with van der Waals surface area (Å²) in [6.07, 6.45) is 10.9. The summed E-state index contributed by atoms with van der Waals surface area (Å²) < 4.78 is 0. The van der Waals surface area contributed by atoms with E-state index >= 15 is 0 Å². The fourth-order valence-electron chi connectivity index (χ4n) is 1.91. The van der Waals surface area contributed by atoms with E-state index in [0.717, 1.165) is 5.92 Å². The van der Waals surface area contributed by atoms with E-state index in [1.165, 1.54) is 51.4 Å². The average Bonchev–Trinajstić information content (AvgIpc) is 1.95. The van der Waals surface area contributed by atoms with Crippen molar-refractivity contribution in [3.63, 3.8) is 0 Å². The smallest absolute Gasteiger partial charge is 0.00671 e. The zero-order chi connectivity index (χ0) is 8.81. The summed E-state index contributed by atoms with van der Waals surface area (Å²) in [5.41, 5.74) is 6.06. The summed E-state index contributed by atoms with van der Waals surface area (Å²) in [5, 5.41) is 0. The molecular formula is C11H23N. The first-order chi connectivity index (χ1) is 5.84. The molecule has 1 heteroatoms. The Bertz CT molecular complexity index is 108. The van der Waals surface area contributed by atoms with Crippen LogP contribution in [-0.2, 0) is 0 Å². The van der Waals surface area contributed by atoms with Crippen LogP contribution in [0.25, 0.3) is 0 Å². The molecule has 0 radical (unpaired) electrons. The molecule has 1 atom stereocenters. The normalized spacial score (nSPS) is 20.5. The number of nitrogens with two attached hydrogens (primary N) is 1. The van der Waals surface area contributed by atoms with Gasteiger partial charge < -0.3 is 5.73 Å². The second-order valence-corrected chi connectivity index (χ2v) is 4.20. The number of hydrogen-bond acceptors (Lipinski definition) is 1. The van der Waals surface area contributed by atoms with Crippen LogP contribution < -0.4 is 5.73 Å². The maximum atomic E-state index is 6.06. The molecule has 0 bridgehead atoms. The van der Waals surface area contributed by atoms with E-state index in [0.29, 0.717) is 6.04 Å². The highest BCUT2D eigenvalue weighted by Crippen LogP contribution is 2.30. The SMILES string of the molecule is CCCCCCC(N)C1CCC1. The summed E-state index contributed by atoms with van der Waals surface area (Å²) in [4.78, 5) is 0. The first-order valence-electron chi connectivity index (χ1n) is 5.60. The first-order valence-corrected chi connectivity index (χ1v) is 5.60. The van der Waals surface area contributed by atoms with Gasteiger partial charge in [-0.05, 0) is 25.2 Å². The molecule has 0 spiro atoms. The molecule has 1 nitrogen and oxygen atoms in total. The fraction of sp³-hybridized carbons (Fsp3) is 1.00. The molecular weight excluding hydrogens is 146 g/mol. The van der Waals surface area contributed by atoms with E-state index in [1.807, 2.05) is 0 Å². The maximum absolute atomic E-state index is 6.06. The quantitative estimate of drug-likeness (QED) is 0.607. The van der Waals surface area contributed by atoms with Crippen LogP contribution in [0.5, 0.6) is 0 Å². The molecule has 0 aliphatic heterocycles. The van der Waals surface area contributed by atoms with Crippen molar-refractivity contribution < 1.29 is 0 Å².